The van der Waals surface area contributed by atoms with Gasteiger partial charge in [0.1, 0.15) is 11.6 Å². The molecule has 0 bridgehead atoms. The van der Waals surface area contributed by atoms with E-state index in [-0.39, 0.29) is 18.2 Å². The Morgan fingerprint density at radius 2 is 2.14 bits per heavy atom. The number of anilines is 2. The maximum absolute atomic E-state index is 12.1. The molecule has 1 aliphatic heterocycles. The summed E-state index contributed by atoms with van der Waals surface area (Å²) < 4.78 is 5.59. The van der Waals surface area contributed by atoms with E-state index in [1.165, 1.54) is 0 Å². The molecule has 0 saturated heterocycles. The molecule has 1 atom stereocenters. The molecule has 2 aromatic rings. The van der Waals surface area contributed by atoms with Crippen molar-refractivity contribution in [1.29, 1.82) is 0 Å². The van der Waals surface area contributed by atoms with Crippen LogP contribution >= 0.6 is 0 Å². The van der Waals surface area contributed by atoms with E-state index < -0.39 is 6.10 Å². The molecule has 3 rings (SSSR count). The number of ether oxygens (including phenoxy) is 1. The fourth-order valence-electron chi connectivity index (χ4n) is 2.20. The maximum Gasteiger partial charge on any atom is 0.266 e. The molecular formula is C16H15N3O3. The topological polar surface area (TPSA) is 80.3 Å². The lowest BCUT2D eigenvalue weighted by Gasteiger charge is -2.25. The Labute approximate surface area is 127 Å². The lowest BCUT2D eigenvalue weighted by molar-refractivity contribution is -0.128. The summed E-state index contributed by atoms with van der Waals surface area (Å²) in [7, 11) is 0. The second-order valence-electron chi connectivity index (χ2n) is 5.01. The number of aromatic nitrogens is 1. The number of aryl methyl sites for hydroxylation is 1. The van der Waals surface area contributed by atoms with Crippen molar-refractivity contribution >= 4 is 23.3 Å². The molecule has 112 valence electrons. The fourth-order valence-corrected chi connectivity index (χ4v) is 2.20. The minimum atomic E-state index is -0.848. The fraction of sp³-hybridized carbons (Fsp3) is 0.188. The van der Waals surface area contributed by atoms with Gasteiger partial charge in [0, 0.05) is 6.20 Å². The minimum Gasteiger partial charge on any atom is -0.478 e. The third-order valence-electron chi connectivity index (χ3n) is 3.34. The third-order valence-corrected chi connectivity index (χ3v) is 3.34. The Hall–Kier alpha value is -2.89. The first-order chi connectivity index (χ1) is 10.6. The van der Waals surface area contributed by atoms with Gasteiger partial charge in [0.15, 0.2) is 6.10 Å². The summed E-state index contributed by atoms with van der Waals surface area (Å²) >= 11 is 0. The van der Waals surface area contributed by atoms with Crippen molar-refractivity contribution in [2.24, 2.45) is 0 Å². The second-order valence-corrected chi connectivity index (χ2v) is 5.01. The molecule has 1 aromatic carbocycles. The summed E-state index contributed by atoms with van der Waals surface area (Å²) in [4.78, 5) is 28.2. The first-order valence-corrected chi connectivity index (χ1v) is 6.91. The first-order valence-electron chi connectivity index (χ1n) is 6.91. The number of nitrogens with one attached hydrogen (secondary N) is 2. The van der Waals surface area contributed by atoms with Crippen LogP contribution in [0.25, 0.3) is 0 Å². The Kier molecular flexibility index (Phi) is 3.74. The lowest BCUT2D eigenvalue weighted by Crippen LogP contribution is -2.39. The summed E-state index contributed by atoms with van der Waals surface area (Å²) in [6.45, 7) is 1.85. The van der Waals surface area contributed by atoms with Crippen molar-refractivity contribution in [2.45, 2.75) is 19.4 Å². The Balaban J connectivity index is 1.67. The van der Waals surface area contributed by atoms with Gasteiger partial charge in [0.25, 0.3) is 5.91 Å². The second kappa shape index (κ2) is 5.85. The van der Waals surface area contributed by atoms with Crippen LogP contribution in [-0.2, 0) is 9.59 Å². The van der Waals surface area contributed by atoms with Crippen LogP contribution in [0.5, 0.6) is 5.75 Å². The Morgan fingerprint density at radius 3 is 2.95 bits per heavy atom. The molecule has 2 heterocycles. The molecule has 2 amide bonds. The summed E-state index contributed by atoms with van der Waals surface area (Å²) in [6, 6.07) is 10.8. The van der Waals surface area contributed by atoms with E-state index in [4.69, 9.17) is 4.74 Å². The number of carbonyl (C=O) groups excluding carboxylic acids is 2. The van der Waals surface area contributed by atoms with Gasteiger partial charge in [-0.3, -0.25) is 9.59 Å². The van der Waals surface area contributed by atoms with Crippen LogP contribution in [0.2, 0.25) is 0 Å². The summed E-state index contributed by atoms with van der Waals surface area (Å²) in [5.74, 6) is 0.408. The van der Waals surface area contributed by atoms with Crippen LogP contribution in [0, 0.1) is 6.92 Å². The highest BCUT2D eigenvalue weighted by Crippen LogP contribution is 2.29. The molecule has 1 unspecified atom stereocenters. The number of pyridine rings is 1. The highest BCUT2D eigenvalue weighted by atomic mass is 16.5. The lowest BCUT2D eigenvalue weighted by atomic mass is 10.1. The molecule has 0 radical (unpaired) electrons. The molecule has 6 nitrogen and oxygen atoms in total. The van der Waals surface area contributed by atoms with Crippen molar-refractivity contribution in [3.8, 4) is 5.75 Å². The zero-order valence-electron chi connectivity index (χ0n) is 12.0. The Bertz CT molecular complexity index is 730. The monoisotopic (exact) mass is 297 g/mol. The van der Waals surface area contributed by atoms with Crippen LogP contribution in [0.3, 0.4) is 0 Å². The van der Waals surface area contributed by atoms with Gasteiger partial charge in [-0.05, 0) is 30.7 Å². The third kappa shape index (κ3) is 2.90. The number of carbonyl (C=O) groups is 2. The number of amides is 2. The number of rotatable bonds is 3. The maximum atomic E-state index is 12.1. The highest BCUT2D eigenvalue weighted by molar-refractivity contribution is 6.01. The number of hydrogen-bond acceptors (Lipinski definition) is 4. The van der Waals surface area contributed by atoms with Crippen molar-refractivity contribution in [3.05, 3.63) is 48.2 Å². The standard InChI is InChI=1S/C16H15N3O3/c1-10-5-4-8-17-15(10)19-14(20)9-13-16(21)18-11-6-2-3-7-12(11)22-13/h2-8,13H,9H2,1H3,(H,18,21)(H,17,19,20). The summed E-state index contributed by atoms with van der Waals surface area (Å²) in [6.07, 6.45) is 0.678. The number of hydrogen-bond donors (Lipinski definition) is 2. The number of benzene rings is 1. The normalized spacial score (nSPS) is 16.2. The quantitative estimate of drug-likeness (QED) is 0.909. The van der Waals surface area contributed by atoms with Crippen molar-refractivity contribution in [3.63, 3.8) is 0 Å². The van der Waals surface area contributed by atoms with E-state index in [1.54, 1.807) is 30.5 Å². The molecular weight excluding hydrogens is 282 g/mol. The molecule has 2 N–H and O–H groups in total. The number of nitrogens with zero attached hydrogens (tertiary/aromatic N) is 1. The van der Waals surface area contributed by atoms with Crippen LogP contribution in [0.1, 0.15) is 12.0 Å². The van der Waals surface area contributed by atoms with E-state index >= 15 is 0 Å². The molecule has 0 fully saturated rings. The van der Waals surface area contributed by atoms with Gasteiger partial charge in [0.2, 0.25) is 5.91 Å². The van der Waals surface area contributed by atoms with Crippen LogP contribution in [0.4, 0.5) is 11.5 Å². The van der Waals surface area contributed by atoms with E-state index in [2.05, 4.69) is 15.6 Å². The van der Waals surface area contributed by atoms with Gasteiger partial charge in [-0.2, -0.15) is 0 Å². The molecule has 22 heavy (non-hydrogen) atoms. The van der Waals surface area contributed by atoms with Gasteiger partial charge in [-0.25, -0.2) is 4.98 Å². The molecule has 6 heteroatoms. The highest BCUT2D eigenvalue weighted by Gasteiger charge is 2.29. The van der Waals surface area contributed by atoms with Gasteiger partial charge in [0.05, 0.1) is 12.1 Å². The minimum absolute atomic E-state index is 0.0732. The van der Waals surface area contributed by atoms with Crippen molar-refractivity contribution in [2.75, 3.05) is 10.6 Å². The SMILES string of the molecule is Cc1cccnc1NC(=O)CC1Oc2ccccc2NC1=O. The molecule has 0 saturated carbocycles. The van der Waals surface area contributed by atoms with E-state index in [0.29, 0.717) is 17.3 Å². The average Bonchev–Trinajstić information content (AvgIpc) is 2.50. The molecule has 1 aliphatic rings. The van der Waals surface area contributed by atoms with Crippen LogP contribution in [0.15, 0.2) is 42.6 Å². The van der Waals surface area contributed by atoms with Gasteiger partial charge in [-0.15, -0.1) is 0 Å². The van der Waals surface area contributed by atoms with Crippen LogP contribution in [-0.4, -0.2) is 22.9 Å². The summed E-state index contributed by atoms with van der Waals surface area (Å²) in [5.41, 5.74) is 1.47. The number of para-hydroxylation sites is 2. The van der Waals surface area contributed by atoms with Crippen molar-refractivity contribution in [1.82, 2.24) is 4.98 Å². The van der Waals surface area contributed by atoms with E-state index in [0.717, 1.165) is 5.56 Å². The number of fused-ring (bicyclic) bond motifs is 1. The zero-order valence-corrected chi connectivity index (χ0v) is 12.0. The predicted molar refractivity (Wildman–Crippen MR) is 81.7 cm³/mol. The summed E-state index contributed by atoms with van der Waals surface area (Å²) in [5, 5.41) is 5.42. The van der Waals surface area contributed by atoms with Gasteiger partial charge in [-0.1, -0.05) is 18.2 Å². The Morgan fingerprint density at radius 1 is 1.32 bits per heavy atom. The molecule has 1 aromatic heterocycles. The van der Waals surface area contributed by atoms with E-state index in [1.807, 2.05) is 19.1 Å². The first kappa shape index (κ1) is 14.1. The zero-order chi connectivity index (χ0) is 15.5. The van der Waals surface area contributed by atoms with E-state index in [9.17, 15) is 9.59 Å². The van der Waals surface area contributed by atoms with Gasteiger partial charge >= 0.3 is 0 Å². The average molecular weight is 297 g/mol. The molecule has 0 spiro atoms. The van der Waals surface area contributed by atoms with Crippen LogP contribution < -0.4 is 15.4 Å². The van der Waals surface area contributed by atoms with Crippen molar-refractivity contribution < 1.29 is 14.3 Å². The smallest absolute Gasteiger partial charge is 0.266 e. The molecule has 0 aliphatic carbocycles. The largest absolute Gasteiger partial charge is 0.478 e. The predicted octanol–water partition coefficient (Wildman–Crippen LogP) is 2.12. The van der Waals surface area contributed by atoms with Gasteiger partial charge < -0.3 is 15.4 Å².